The van der Waals surface area contributed by atoms with Gasteiger partial charge in [0.05, 0.1) is 5.56 Å². The van der Waals surface area contributed by atoms with E-state index in [0.717, 1.165) is 5.56 Å². The van der Waals surface area contributed by atoms with E-state index in [9.17, 15) is 9.59 Å². The third kappa shape index (κ3) is 4.61. The normalized spacial score (nSPS) is 9.95. The van der Waals surface area contributed by atoms with E-state index in [1.807, 2.05) is 30.3 Å². The molecule has 2 aromatic carbocycles. The molecule has 0 saturated heterocycles. The fourth-order valence-corrected chi connectivity index (χ4v) is 2.16. The van der Waals surface area contributed by atoms with Crippen molar-refractivity contribution < 1.29 is 19.4 Å². The molecule has 0 spiro atoms. The number of aromatic carboxylic acids is 1. The Labute approximate surface area is 129 Å². The van der Waals surface area contributed by atoms with Crippen LogP contribution >= 0.6 is 15.9 Å². The summed E-state index contributed by atoms with van der Waals surface area (Å²) in [5.41, 5.74) is 1.29. The first-order valence-corrected chi connectivity index (χ1v) is 6.85. The summed E-state index contributed by atoms with van der Waals surface area (Å²) in [5, 5.41) is 11.4. The molecule has 1 amide bonds. The van der Waals surface area contributed by atoms with Crippen LogP contribution in [0.4, 0.5) is 10.5 Å². The minimum absolute atomic E-state index is 0.0720. The Morgan fingerprint density at radius 1 is 1.14 bits per heavy atom. The molecule has 0 aliphatic carbocycles. The van der Waals surface area contributed by atoms with Crippen LogP contribution in [0.2, 0.25) is 0 Å². The molecular weight excluding hydrogens is 338 g/mol. The maximum absolute atomic E-state index is 11.7. The van der Waals surface area contributed by atoms with Crippen molar-refractivity contribution in [1.82, 2.24) is 0 Å². The highest BCUT2D eigenvalue weighted by molar-refractivity contribution is 9.10. The second kappa shape index (κ2) is 6.90. The van der Waals surface area contributed by atoms with Crippen molar-refractivity contribution in [3.63, 3.8) is 0 Å². The van der Waals surface area contributed by atoms with Crippen LogP contribution in [0.5, 0.6) is 0 Å². The number of rotatable bonds is 4. The van der Waals surface area contributed by atoms with E-state index in [1.165, 1.54) is 12.1 Å². The molecule has 0 fully saturated rings. The molecule has 0 bridgehead atoms. The number of ether oxygens (including phenoxy) is 1. The maximum Gasteiger partial charge on any atom is 0.411 e. The van der Waals surface area contributed by atoms with Crippen molar-refractivity contribution in [1.29, 1.82) is 0 Å². The predicted octanol–water partition coefficient (Wildman–Crippen LogP) is 3.90. The summed E-state index contributed by atoms with van der Waals surface area (Å²) in [6.45, 7) is 0.145. The zero-order valence-electron chi connectivity index (χ0n) is 10.9. The average Bonchev–Trinajstić information content (AvgIpc) is 2.45. The highest BCUT2D eigenvalue weighted by Gasteiger charge is 2.09. The lowest BCUT2D eigenvalue weighted by atomic mass is 10.2. The van der Waals surface area contributed by atoms with Crippen LogP contribution in [-0.2, 0) is 11.3 Å². The molecule has 0 saturated carbocycles. The van der Waals surface area contributed by atoms with E-state index in [0.29, 0.717) is 10.2 Å². The predicted molar refractivity (Wildman–Crippen MR) is 81.4 cm³/mol. The smallest absolute Gasteiger partial charge is 0.411 e. The summed E-state index contributed by atoms with van der Waals surface area (Å²) in [6, 6.07) is 13.7. The van der Waals surface area contributed by atoms with Gasteiger partial charge in [0.15, 0.2) is 0 Å². The quantitative estimate of drug-likeness (QED) is 0.877. The molecule has 0 unspecified atom stereocenters. The Morgan fingerprint density at radius 2 is 1.86 bits per heavy atom. The fourth-order valence-electron chi connectivity index (χ4n) is 1.66. The molecule has 6 heteroatoms. The van der Waals surface area contributed by atoms with E-state index in [2.05, 4.69) is 21.2 Å². The van der Waals surface area contributed by atoms with Crippen molar-refractivity contribution in [2.75, 3.05) is 5.32 Å². The average molecular weight is 350 g/mol. The van der Waals surface area contributed by atoms with Crippen LogP contribution in [0.15, 0.2) is 53.0 Å². The van der Waals surface area contributed by atoms with E-state index >= 15 is 0 Å². The van der Waals surface area contributed by atoms with E-state index in [1.54, 1.807) is 6.07 Å². The maximum atomic E-state index is 11.7. The second-order valence-electron chi connectivity index (χ2n) is 4.22. The minimum atomic E-state index is -1.07. The summed E-state index contributed by atoms with van der Waals surface area (Å²) < 4.78 is 5.62. The van der Waals surface area contributed by atoms with Gasteiger partial charge in [-0.05, 0) is 23.8 Å². The zero-order chi connectivity index (χ0) is 15.2. The Morgan fingerprint density at radius 3 is 2.52 bits per heavy atom. The number of hydrogen-bond acceptors (Lipinski definition) is 3. The molecule has 108 valence electrons. The standard InChI is InChI=1S/C15H12BrNO4/c16-12-6-11(14(18)19)7-13(8-12)17-15(20)21-9-10-4-2-1-3-5-10/h1-8H,9H2,(H,17,20)(H,18,19). The van der Waals surface area contributed by atoms with Gasteiger partial charge in [0.25, 0.3) is 0 Å². The highest BCUT2D eigenvalue weighted by Crippen LogP contribution is 2.20. The van der Waals surface area contributed by atoms with Gasteiger partial charge in [-0.25, -0.2) is 9.59 Å². The van der Waals surface area contributed by atoms with E-state index in [4.69, 9.17) is 9.84 Å². The van der Waals surface area contributed by atoms with Gasteiger partial charge in [0.1, 0.15) is 6.61 Å². The van der Waals surface area contributed by atoms with Crippen LogP contribution in [-0.4, -0.2) is 17.2 Å². The molecule has 0 radical (unpaired) electrons. The number of anilines is 1. The fraction of sp³-hybridized carbons (Fsp3) is 0.0667. The van der Waals surface area contributed by atoms with Crippen molar-refractivity contribution in [3.05, 3.63) is 64.1 Å². The monoisotopic (exact) mass is 349 g/mol. The zero-order valence-corrected chi connectivity index (χ0v) is 12.5. The Kier molecular flexibility index (Phi) is 4.94. The van der Waals surface area contributed by atoms with Gasteiger partial charge in [-0.3, -0.25) is 5.32 Å². The summed E-state index contributed by atoms with van der Waals surface area (Å²) >= 11 is 3.19. The van der Waals surface area contributed by atoms with Gasteiger partial charge in [-0.1, -0.05) is 46.3 Å². The number of hydrogen-bond donors (Lipinski definition) is 2. The summed E-state index contributed by atoms with van der Waals surface area (Å²) in [7, 11) is 0. The second-order valence-corrected chi connectivity index (χ2v) is 5.14. The van der Waals surface area contributed by atoms with E-state index in [-0.39, 0.29) is 12.2 Å². The molecule has 0 aromatic heterocycles. The summed E-state index contributed by atoms with van der Waals surface area (Å²) in [6.07, 6.45) is -0.645. The number of nitrogens with one attached hydrogen (secondary N) is 1. The number of benzene rings is 2. The number of carbonyl (C=O) groups is 2. The molecule has 5 nitrogen and oxygen atoms in total. The first kappa shape index (κ1) is 15.1. The molecule has 2 N–H and O–H groups in total. The minimum Gasteiger partial charge on any atom is -0.478 e. The van der Waals surface area contributed by atoms with Crippen molar-refractivity contribution in [2.24, 2.45) is 0 Å². The topological polar surface area (TPSA) is 75.6 Å². The third-order valence-electron chi connectivity index (χ3n) is 2.60. The van der Waals surface area contributed by atoms with Crippen LogP contribution < -0.4 is 5.32 Å². The lowest BCUT2D eigenvalue weighted by Crippen LogP contribution is -2.14. The Balaban J connectivity index is 1.98. The highest BCUT2D eigenvalue weighted by atomic mass is 79.9. The van der Waals surface area contributed by atoms with Gasteiger partial charge < -0.3 is 9.84 Å². The number of carbonyl (C=O) groups excluding carboxylic acids is 1. The lowest BCUT2D eigenvalue weighted by molar-refractivity contribution is 0.0696. The van der Waals surface area contributed by atoms with Gasteiger partial charge in [-0.2, -0.15) is 0 Å². The molecule has 2 rings (SSSR count). The number of carboxylic acids is 1. The van der Waals surface area contributed by atoms with Crippen LogP contribution in [0.25, 0.3) is 0 Å². The molecule has 0 heterocycles. The lowest BCUT2D eigenvalue weighted by Gasteiger charge is -2.08. The number of carboxylic acid groups (broad SMARTS) is 1. The molecular formula is C15H12BrNO4. The first-order valence-electron chi connectivity index (χ1n) is 6.06. The Hall–Kier alpha value is -2.34. The van der Waals surface area contributed by atoms with Gasteiger partial charge >= 0.3 is 12.1 Å². The van der Waals surface area contributed by atoms with Crippen molar-refractivity contribution in [2.45, 2.75) is 6.61 Å². The van der Waals surface area contributed by atoms with Gasteiger partial charge in [0.2, 0.25) is 0 Å². The largest absolute Gasteiger partial charge is 0.478 e. The third-order valence-corrected chi connectivity index (χ3v) is 3.06. The number of amides is 1. The van der Waals surface area contributed by atoms with Crippen molar-refractivity contribution in [3.8, 4) is 0 Å². The van der Waals surface area contributed by atoms with Crippen LogP contribution in [0.1, 0.15) is 15.9 Å². The van der Waals surface area contributed by atoms with E-state index < -0.39 is 12.1 Å². The summed E-state index contributed by atoms with van der Waals surface area (Å²) in [5.74, 6) is -1.07. The number of halogens is 1. The van der Waals surface area contributed by atoms with Crippen LogP contribution in [0.3, 0.4) is 0 Å². The molecule has 0 atom stereocenters. The van der Waals surface area contributed by atoms with Crippen molar-refractivity contribution >= 4 is 33.7 Å². The summed E-state index contributed by atoms with van der Waals surface area (Å²) in [4.78, 5) is 22.6. The molecule has 2 aromatic rings. The SMILES string of the molecule is O=C(Nc1cc(Br)cc(C(=O)O)c1)OCc1ccccc1. The van der Waals surface area contributed by atoms with Crippen LogP contribution in [0, 0.1) is 0 Å². The Bertz CT molecular complexity index is 658. The molecule has 21 heavy (non-hydrogen) atoms. The van der Waals surface area contributed by atoms with Gasteiger partial charge in [-0.15, -0.1) is 0 Å². The molecule has 0 aliphatic heterocycles. The molecule has 0 aliphatic rings. The van der Waals surface area contributed by atoms with Gasteiger partial charge in [0, 0.05) is 10.2 Å². The first-order chi connectivity index (χ1) is 10.0.